The molecule has 2 rings (SSSR count). The molecule has 0 spiro atoms. The fourth-order valence-electron chi connectivity index (χ4n) is 0.882. The highest BCUT2D eigenvalue weighted by atomic mass is 15.2. The summed E-state index contributed by atoms with van der Waals surface area (Å²) >= 11 is 0. The van der Waals surface area contributed by atoms with E-state index in [0.717, 1.165) is 0 Å². The van der Waals surface area contributed by atoms with Crippen molar-refractivity contribution >= 4 is 11.9 Å². The van der Waals surface area contributed by atoms with Crippen LogP contribution in [0.4, 0.5) is 11.9 Å². The molecule has 8 heteroatoms. The third kappa shape index (κ3) is 1.53. The van der Waals surface area contributed by atoms with Gasteiger partial charge in [-0.3, -0.25) is 0 Å². The molecule has 0 aliphatic carbocycles. The van der Waals surface area contributed by atoms with Crippen LogP contribution in [0.3, 0.4) is 0 Å². The topological polar surface area (TPSA) is 129 Å². The molecular formula is C6H6N8. The summed E-state index contributed by atoms with van der Waals surface area (Å²) in [7, 11) is 0. The van der Waals surface area contributed by atoms with Gasteiger partial charge >= 0.3 is 0 Å². The first-order chi connectivity index (χ1) is 6.75. The third-order valence-corrected chi connectivity index (χ3v) is 1.41. The second-order valence-electron chi connectivity index (χ2n) is 2.40. The maximum absolute atomic E-state index is 5.35. The largest absolute Gasteiger partial charge is 0.366 e. The SMILES string of the molecule is Nc1nncc(-c2cnnc(N)n2)n1. The van der Waals surface area contributed by atoms with E-state index in [1.54, 1.807) is 0 Å². The van der Waals surface area contributed by atoms with Gasteiger partial charge in [-0.25, -0.2) is 9.97 Å². The average Bonchev–Trinajstić information content (AvgIpc) is 2.18. The Hall–Kier alpha value is -2.38. The Labute approximate surface area is 78.4 Å². The normalized spacial score (nSPS) is 10.0. The van der Waals surface area contributed by atoms with Crippen LogP contribution in [0.2, 0.25) is 0 Å². The van der Waals surface area contributed by atoms with Gasteiger partial charge in [0.05, 0.1) is 12.4 Å². The molecule has 8 nitrogen and oxygen atoms in total. The van der Waals surface area contributed by atoms with E-state index in [-0.39, 0.29) is 11.9 Å². The molecule has 0 amide bonds. The highest BCUT2D eigenvalue weighted by Crippen LogP contribution is 2.11. The number of rotatable bonds is 1. The van der Waals surface area contributed by atoms with Gasteiger partial charge in [0, 0.05) is 0 Å². The van der Waals surface area contributed by atoms with E-state index in [1.807, 2.05) is 0 Å². The number of hydrogen-bond acceptors (Lipinski definition) is 8. The lowest BCUT2D eigenvalue weighted by Crippen LogP contribution is -2.02. The van der Waals surface area contributed by atoms with Gasteiger partial charge in [-0.1, -0.05) is 0 Å². The zero-order valence-corrected chi connectivity index (χ0v) is 6.99. The highest BCUT2D eigenvalue weighted by Gasteiger charge is 2.03. The van der Waals surface area contributed by atoms with Gasteiger partial charge in [0.25, 0.3) is 0 Å². The van der Waals surface area contributed by atoms with Crippen LogP contribution in [0, 0.1) is 0 Å². The van der Waals surface area contributed by atoms with E-state index >= 15 is 0 Å². The lowest BCUT2D eigenvalue weighted by atomic mass is 10.3. The third-order valence-electron chi connectivity index (χ3n) is 1.41. The molecule has 70 valence electrons. The van der Waals surface area contributed by atoms with Gasteiger partial charge in [-0.05, 0) is 0 Å². The summed E-state index contributed by atoms with van der Waals surface area (Å²) in [5.41, 5.74) is 11.6. The van der Waals surface area contributed by atoms with E-state index < -0.39 is 0 Å². The molecule has 0 saturated heterocycles. The Balaban J connectivity index is 2.49. The van der Waals surface area contributed by atoms with E-state index in [1.165, 1.54) is 12.4 Å². The summed E-state index contributed by atoms with van der Waals surface area (Å²) in [6.07, 6.45) is 2.83. The van der Waals surface area contributed by atoms with Crippen molar-refractivity contribution in [2.24, 2.45) is 0 Å². The number of anilines is 2. The van der Waals surface area contributed by atoms with Gasteiger partial charge in [-0.2, -0.15) is 10.2 Å². The van der Waals surface area contributed by atoms with E-state index in [9.17, 15) is 0 Å². The van der Waals surface area contributed by atoms with Crippen molar-refractivity contribution in [3.05, 3.63) is 12.4 Å². The fraction of sp³-hybridized carbons (Fsp3) is 0. The second kappa shape index (κ2) is 3.17. The Morgan fingerprint density at radius 2 is 1.21 bits per heavy atom. The molecule has 0 saturated carbocycles. The summed E-state index contributed by atoms with van der Waals surface area (Å²) in [6, 6.07) is 0. The van der Waals surface area contributed by atoms with Crippen molar-refractivity contribution in [1.82, 2.24) is 30.4 Å². The maximum Gasteiger partial charge on any atom is 0.240 e. The first-order valence-corrected chi connectivity index (χ1v) is 3.66. The number of nitrogen functional groups attached to an aromatic ring is 2. The van der Waals surface area contributed by atoms with Crippen LogP contribution >= 0.6 is 0 Å². The van der Waals surface area contributed by atoms with Crippen LogP contribution in [-0.4, -0.2) is 30.4 Å². The number of nitrogens with two attached hydrogens (primary N) is 2. The Kier molecular flexibility index (Phi) is 1.86. The lowest BCUT2D eigenvalue weighted by molar-refractivity contribution is 0.960. The number of aromatic nitrogens is 6. The van der Waals surface area contributed by atoms with Crippen molar-refractivity contribution in [2.45, 2.75) is 0 Å². The summed E-state index contributed by atoms with van der Waals surface area (Å²) < 4.78 is 0. The van der Waals surface area contributed by atoms with Crippen LogP contribution in [0.1, 0.15) is 0 Å². The molecule has 0 radical (unpaired) electrons. The van der Waals surface area contributed by atoms with Gasteiger partial charge in [0.1, 0.15) is 11.4 Å². The molecule has 0 aromatic carbocycles. The minimum absolute atomic E-state index is 0.0692. The smallest absolute Gasteiger partial charge is 0.240 e. The monoisotopic (exact) mass is 190 g/mol. The molecule has 2 aromatic rings. The predicted molar refractivity (Wildman–Crippen MR) is 47.5 cm³/mol. The number of hydrogen-bond donors (Lipinski definition) is 2. The molecule has 0 bridgehead atoms. The van der Waals surface area contributed by atoms with Gasteiger partial charge in [-0.15, -0.1) is 10.2 Å². The molecule has 0 atom stereocenters. The van der Waals surface area contributed by atoms with E-state index in [2.05, 4.69) is 30.4 Å². The molecule has 0 aliphatic rings. The molecule has 0 unspecified atom stereocenters. The molecule has 2 heterocycles. The summed E-state index contributed by atoms with van der Waals surface area (Å²) in [4.78, 5) is 7.81. The zero-order chi connectivity index (χ0) is 9.97. The van der Waals surface area contributed by atoms with Crippen LogP contribution in [0.5, 0.6) is 0 Å². The first kappa shape index (κ1) is 8.23. The van der Waals surface area contributed by atoms with E-state index in [4.69, 9.17) is 11.5 Å². The van der Waals surface area contributed by atoms with Crippen molar-refractivity contribution in [3.63, 3.8) is 0 Å². The Morgan fingerprint density at radius 3 is 1.57 bits per heavy atom. The van der Waals surface area contributed by atoms with Crippen LogP contribution < -0.4 is 11.5 Å². The van der Waals surface area contributed by atoms with Crippen molar-refractivity contribution in [2.75, 3.05) is 11.5 Å². The first-order valence-electron chi connectivity index (χ1n) is 3.66. The number of nitrogens with zero attached hydrogens (tertiary/aromatic N) is 6. The molecular weight excluding hydrogens is 184 g/mol. The van der Waals surface area contributed by atoms with Gasteiger partial charge in [0.15, 0.2) is 0 Å². The highest BCUT2D eigenvalue weighted by molar-refractivity contribution is 5.53. The molecule has 14 heavy (non-hydrogen) atoms. The maximum atomic E-state index is 5.35. The van der Waals surface area contributed by atoms with Gasteiger partial charge in [0.2, 0.25) is 11.9 Å². The van der Waals surface area contributed by atoms with Crippen molar-refractivity contribution in [1.29, 1.82) is 0 Å². The lowest BCUT2D eigenvalue weighted by Gasteiger charge is -1.98. The minimum atomic E-state index is 0.0692. The minimum Gasteiger partial charge on any atom is -0.366 e. The summed E-state index contributed by atoms with van der Waals surface area (Å²) in [6.45, 7) is 0. The molecule has 0 aliphatic heterocycles. The van der Waals surface area contributed by atoms with Crippen LogP contribution in [0.15, 0.2) is 12.4 Å². The van der Waals surface area contributed by atoms with Crippen molar-refractivity contribution in [3.8, 4) is 11.4 Å². The van der Waals surface area contributed by atoms with Crippen LogP contribution in [0.25, 0.3) is 11.4 Å². The quantitative estimate of drug-likeness (QED) is 0.578. The molecule has 4 N–H and O–H groups in total. The van der Waals surface area contributed by atoms with E-state index in [0.29, 0.717) is 11.4 Å². The second-order valence-corrected chi connectivity index (χ2v) is 2.40. The standard InChI is InChI=1S/C6H6N8/c7-5-11-3(1-9-13-5)4-2-10-14-6(8)12-4/h1-2H,(H2,7,11,13)(H2,8,12,14). The summed E-state index contributed by atoms with van der Waals surface area (Å²) in [5.74, 6) is 0.138. The summed E-state index contributed by atoms with van der Waals surface area (Å²) in [5, 5.41) is 14.3. The zero-order valence-electron chi connectivity index (χ0n) is 6.99. The Bertz CT molecular complexity index is 412. The fourth-order valence-corrected chi connectivity index (χ4v) is 0.882. The van der Waals surface area contributed by atoms with Crippen molar-refractivity contribution < 1.29 is 0 Å². The molecule has 0 fully saturated rings. The molecule has 2 aromatic heterocycles. The average molecular weight is 190 g/mol. The van der Waals surface area contributed by atoms with Crippen LogP contribution in [-0.2, 0) is 0 Å². The predicted octanol–water partition coefficient (Wildman–Crippen LogP) is -1.11. The van der Waals surface area contributed by atoms with Gasteiger partial charge < -0.3 is 11.5 Å². The Morgan fingerprint density at radius 1 is 0.786 bits per heavy atom.